The van der Waals surface area contributed by atoms with E-state index in [-0.39, 0.29) is 12.7 Å². The van der Waals surface area contributed by atoms with Gasteiger partial charge in [-0.15, -0.1) is 0 Å². The summed E-state index contributed by atoms with van der Waals surface area (Å²) in [5, 5.41) is 18.7. The molecule has 0 bridgehead atoms. The highest BCUT2D eigenvalue weighted by Gasteiger charge is 2.50. The lowest BCUT2D eigenvalue weighted by Crippen LogP contribution is -2.51. The Hall–Kier alpha value is -0.200. The van der Waals surface area contributed by atoms with Gasteiger partial charge in [0.2, 0.25) is 0 Å². The molecule has 4 atom stereocenters. The van der Waals surface area contributed by atoms with Gasteiger partial charge in [-0.2, -0.15) is 0 Å². The van der Waals surface area contributed by atoms with Gasteiger partial charge in [0.05, 0.1) is 6.61 Å². The second kappa shape index (κ2) is 2.90. The fourth-order valence-corrected chi connectivity index (χ4v) is 1.74. The summed E-state index contributed by atoms with van der Waals surface area (Å²) in [6.07, 6.45) is -2.97. The number of hydrogen-bond donors (Lipinski definition) is 2. The molecule has 2 rings (SSSR count). The van der Waals surface area contributed by atoms with Gasteiger partial charge in [0.1, 0.15) is 18.3 Å². The molecule has 0 aliphatic carbocycles. The van der Waals surface area contributed by atoms with E-state index in [1.165, 1.54) is 0 Å². The average Bonchev–Trinajstić information content (AvgIpc) is 2.34. The molecule has 0 aromatic heterocycles. The van der Waals surface area contributed by atoms with Crippen molar-refractivity contribution in [1.29, 1.82) is 0 Å². The zero-order chi connectivity index (χ0) is 9.64. The summed E-state index contributed by atoms with van der Waals surface area (Å²) < 4.78 is 15.8. The molecule has 0 spiro atoms. The molecule has 2 N–H and O–H groups in total. The molecule has 2 saturated heterocycles. The van der Waals surface area contributed by atoms with Crippen LogP contribution in [0.5, 0.6) is 0 Å². The van der Waals surface area contributed by atoms with E-state index >= 15 is 0 Å². The van der Waals surface area contributed by atoms with Crippen molar-refractivity contribution in [2.24, 2.45) is 0 Å². The molecule has 0 radical (unpaired) electrons. The first kappa shape index (κ1) is 9.36. The van der Waals surface area contributed by atoms with Crippen molar-refractivity contribution in [2.75, 3.05) is 6.61 Å². The molecule has 2 fully saturated rings. The monoisotopic (exact) mass is 190 g/mol. The lowest BCUT2D eigenvalue weighted by molar-refractivity contribution is -0.230. The maximum Gasteiger partial charge on any atom is 0.183 e. The summed E-state index contributed by atoms with van der Waals surface area (Å²) in [7, 11) is 0. The first-order valence-corrected chi connectivity index (χ1v) is 4.33. The van der Waals surface area contributed by atoms with Crippen LogP contribution in [0.1, 0.15) is 13.8 Å². The number of aliphatic hydroxyl groups excluding tert-OH is 2. The van der Waals surface area contributed by atoms with Gasteiger partial charge in [-0.05, 0) is 13.8 Å². The molecule has 2 aliphatic heterocycles. The van der Waals surface area contributed by atoms with Crippen LogP contribution in [0.25, 0.3) is 0 Å². The molecule has 76 valence electrons. The van der Waals surface area contributed by atoms with Gasteiger partial charge in [-0.1, -0.05) is 0 Å². The smallest absolute Gasteiger partial charge is 0.183 e. The van der Waals surface area contributed by atoms with Gasteiger partial charge in [-0.25, -0.2) is 0 Å². The summed E-state index contributed by atoms with van der Waals surface area (Å²) in [5.74, 6) is -0.705. The summed E-state index contributed by atoms with van der Waals surface area (Å²) in [5.41, 5.74) is 0. The van der Waals surface area contributed by atoms with Crippen LogP contribution in [0, 0.1) is 0 Å². The second-order valence-corrected chi connectivity index (χ2v) is 3.85. The minimum Gasteiger partial charge on any atom is -0.385 e. The average molecular weight is 190 g/mol. The Bertz CT molecular complexity index is 205. The maximum absolute atomic E-state index is 9.50. The van der Waals surface area contributed by atoms with Crippen LogP contribution >= 0.6 is 0 Å². The first-order valence-electron chi connectivity index (χ1n) is 4.33. The van der Waals surface area contributed by atoms with Crippen LogP contribution in [0.15, 0.2) is 0 Å². The Morgan fingerprint density at radius 1 is 1.23 bits per heavy atom. The molecule has 5 nitrogen and oxygen atoms in total. The van der Waals surface area contributed by atoms with Gasteiger partial charge in [0.15, 0.2) is 12.1 Å². The highest BCUT2D eigenvalue weighted by molar-refractivity contribution is 4.90. The Kier molecular flexibility index (Phi) is 2.08. The lowest BCUT2D eigenvalue weighted by atomic mass is 10.1. The Morgan fingerprint density at radius 2 is 1.92 bits per heavy atom. The van der Waals surface area contributed by atoms with E-state index in [2.05, 4.69) is 0 Å². The zero-order valence-electron chi connectivity index (χ0n) is 7.64. The molecule has 2 heterocycles. The molecule has 0 aromatic rings. The van der Waals surface area contributed by atoms with Crippen molar-refractivity contribution in [3.63, 3.8) is 0 Å². The molecule has 2 aliphatic rings. The Balaban J connectivity index is 2.11. The predicted molar refractivity (Wildman–Crippen MR) is 41.8 cm³/mol. The zero-order valence-corrected chi connectivity index (χ0v) is 7.64. The van der Waals surface area contributed by atoms with Crippen LogP contribution in [-0.4, -0.2) is 47.2 Å². The number of ether oxygens (including phenoxy) is 3. The number of fused-ring (bicyclic) bond motifs is 1. The van der Waals surface area contributed by atoms with Crippen LogP contribution in [-0.2, 0) is 14.2 Å². The fraction of sp³-hybridized carbons (Fsp3) is 1.00. The van der Waals surface area contributed by atoms with Gasteiger partial charge < -0.3 is 24.4 Å². The van der Waals surface area contributed by atoms with Crippen molar-refractivity contribution in [3.8, 4) is 0 Å². The van der Waals surface area contributed by atoms with Crippen LogP contribution in [0.4, 0.5) is 0 Å². The van der Waals surface area contributed by atoms with E-state index in [0.29, 0.717) is 0 Å². The van der Waals surface area contributed by atoms with Crippen molar-refractivity contribution < 1.29 is 24.4 Å². The molecule has 0 aromatic carbocycles. The summed E-state index contributed by atoms with van der Waals surface area (Å²) in [6.45, 7) is 3.79. The molecule has 2 unspecified atom stereocenters. The van der Waals surface area contributed by atoms with Crippen LogP contribution in [0.3, 0.4) is 0 Å². The minimum atomic E-state index is -1.17. The maximum atomic E-state index is 9.50. The van der Waals surface area contributed by atoms with Gasteiger partial charge >= 0.3 is 0 Å². The normalized spacial score (nSPS) is 48.9. The minimum absolute atomic E-state index is 0.256. The van der Waals surface area contributed by atoms with Crippen LogP contribution < -0.4 is 0 Å². The summed E-state index contributed by atoms with van der Waals surface area (Å²) in [4.78, 5) is 0. The third-order valence-corrected chi connectivity index (χ3v) is 2.28. The number of hydrogen-bond acceptors (Lipinski definition) is 5. The highest BCUT2D eigenvalue weighted by atomic mass is 16.8. The van der Waals surface area contributed by atoms with E-state index in [4.69, 9.17) is 14.2 Å². The first-order chi connectivity index (χ1) is 5.99. The largest absolute Gasteiger partial charge is 0.385 e. The van der Waals surface area contributed by atoms with Crippen LogP contribution in [0.2, 0.25) is 0 Å². The predicted octanol–water partition coefficient (Wildman–Crippen LogP) is -0.784. The van der Waals surface area contributed by atoms with Gasteiger partial charge in [0, 0.05) is 0 Å². The van der Waals surface area contributed by atoms with E-state index < -0.39 is 24.3 Å². The van der Waals surface area contributed by atoms with Gasteiger partial charge in [0.25, 0.3) is 0 Å². The van der Waals surface area contributed by atoms with Gasteiger partial charge in [-0.3, -0.25) is 0 Å². The van der Waals surface area contributed by atoms with E-state index in [1.54, 1.807) is 13.8 Å². The summed E-state index contributed by atoms with van der Waals surface area (Å²) >= 11 is 0. The number of rotatable bonds is 0. The van der Waals surface area contributed by atoms with E-state index in [0.717, 1.165) is 0 Å². The topological polar surface area (TPSA) is 68.2 Å². The van der Waals surface area contributed by atoms with Crippen molar-refractivity contribution in [2.45, 2.75) is 44.2 Å². The van der Waals surface area contributed by atoms with Crippen molar-refractivity contribution >= 4 is 0 Å². The third-order valence-electron chi connectivity index (χ3n) is 2.28. The lowest BCUT2D eigenvalue weighted by Gasteiger charge is -2.31. The molecule has 13 heavy (non-hydrogen) atoms. The number of aliphatic hydroxyl groups is 2. The Morgan fingerprint density at radius 3 is 2.62 bits per heavy atom. The molecule has 0 amide bonds. The Labute approximate surface area is 76.2 Å². The molecule has 0 saturated carbocycles. The highest BCUT2D eigenvalue weighted by Crippen LogP contribution is 2.33. The van der Waals surface area contributed by atoms with E-state index in [1.807, 2.05) is 0 Å². The van der Waals surface area contributed by atoms with Crippen molar-refractivity contribution in [1.82, 2.24) is 0 Å². The summed E-state index contributed by atoms with van der Waals surface area (Å²) in [6, 6.07) is 0. The fourth-order valence-electron chi connectivity index (χ4n) is 1.74. The SMILES string of the molecule is CC1(C)O[C@H]2COC(O)C(O)[C@H]2O1. The third kappa shape index (κ3) is 1.58. The second-order valence-electron chi connectivity index (χ2n) is 3.85. The van der Waals surface area contributed by atoms with Crippen molar-refractivity contribution in [3.05, 3.63) is 0 Å². The standard InChI is InChI=1S/C8H14O5/c1-8(2)12-4-3-11-7(10)5(9)6(4)13-8/h4-7,9-10H,3H2,1-2H3/t4-,5?,6-,7?/m0/s1. The quantitative estimate of drug-likeness (QED) is 0.524. The molecular formula is C8H14O5. The molecular weight excluding hydrogens is 176 g/mol. The molecule has 5 heteroatoms. The van der Waals surface area contributed by atoms with E-state index in [9.17, 15) is 10.2 Å².